The molecule has 2 heterocycles. The van der Waals surface area contributed by atoms with E-state index in [0.717, 1.165) is 10.1 Å². The van der Waals surface area contributed by atoms with E-state index in [2.05, 4.69) is 0 Å². The Morgan fingerprint density at radius 3 is 1.36 bits per heavy atom. The molecule has 2 rings (SSSR count). The van der Waals surface area contributed by atoms with Gasteiger partial charge in [-0.15, -0.1) is 10.3 Å². The van der Waals surface area contributed by atoms with Crippen molar-refractivity contribution in [3.63, 3.8) is 0 Å². The second-order valence-corrected chi connectivity index (χ2v) is 11.7. The summed E-state index contributed by atoms with van der Waals surface area (Å²) < 4.78 is 144. The van der Waals surface area contributed by atoms with Crippen LogP contribution in [0, 0.1) is 0 Å². The average Bonchev–Trinajstić information content (AvgIpc) is 2.93. The first-order valence-electron chi connectivity index (χ1n) is 19.9. The third-order valence-corrected chi connectivity index (χ3v) is 6.34. The molecule has 0 amide bonds. The number of hydrogen-bond acceptors (Lipinski definition) is 7. The lowest BCUT2D eigenvalue weighted by molar-refractivity contribution is -0.299. The molecule has 209 valence electrons. The highest BCUT2D eigenvalue weighted by Gasteiger charge is 2.48. The fraction of sp³-hybridized carbons (Fsp3) is 0.929. The van der Waals surface area contributed by atoms with Crippen molar-refractivity contribution in [2.75, 3.05) is 0 Å². The van der Waals surface area contributed by atoms with Crippen LogP contribution in [0.5, 0.6) is 0 Å². The van der Waals surface area contributed by atoms with E-state index in [-0.39, 0.29) is 25.7 Å². The molecule has 36 heavy (non-hydrogen) atoms. The number of nitrogens with zero attached hydrogens (tertiary/aromatic N) is 2. The smallest absolute Gasteiger partial charge is 0.306 e. The Bertz CT molecular complexity index is 1250. The molecule has 8 nitrogen and oxygen atoms in total. The molecular weight excluding hydrogens is 460 g/mol. The first-order valence-corrected chi connectivity index (χ1v) is 11.9. The van der Waals surface area contributed by atoms with Gasteiger partial charge in [-0.2, -0.15) is 5.06 Å². The molecule has 2 fully saturated rings. The van der Waals surface area contributed by atoms with E-state index in [1.807, 2.05) is 0 Å². The Morgan fingerprint density at radius 1 is 0.694 bits per heavy atom. The minimum atomic E-state index is -4.62. The largest absolute Gasteiger partial charge is 0.462 e. The van der Waals surface area contributed by atoms with Crippen LogP contribution in [0.1, 0.15) is 154 Å². The first-order chi connectivity index (χ1) is 22.5. The number of hydrogen-bond donors (Lipinski definition) is 1. The number of esters is 2. The zero-order chi connectivity index (χ0) is 41.7. The number of carbonyl (C=O) groups excluding carboxylic acids is 2. The molecule has 0 aromatic rings. The normalized spacial score (nSPS) is 34.2. The van der Waals surface area contributed by atoms with Gasteiger partial charge >= 0.3 is 11.9 Å². The van der Waals surface area contributed by atoms with Gasteiger partial charge in [-0.05, 0) is 68.1 Å². The van der Waals surface area contributed by atoms with Crippen molar-refractivity contribution in [3.05, 3.63) is 0 Å². The lowest BCUT2D eigenvalue weighted by Crippen LogP contribution is -2.60. The molecule has 0 unspecified atom stereocenters. The molecule has 0 aromatic heterocycles. The molecular formula is C28H51N2O6. The minimum absolute atomic E-state index is 0.0961. The number of hydroxylamine groups is 4. The summed E-state index contributed by atoms with van der Waals surface area (Å²) in [7, 11) is 0. The SMILES string of the molecule is [2H]C([2H])(C(=O)OC1CC(C)(C)N([O])C(C)(C)C1)C([2H])([2H])C([2H])([2H])C([2H])([2H])C([2H])([2H])C([2H])([2H])C([2H])([2H])C([2H])([2H])C(=O)OC1CC(C)(C)N(O)C(C)(C)C1. The predicted octanol–water partition coefficient (Wildman–Crippen LogP) is 5.97. The summed E-state index contributed by atoms with van der Waals surface area (Å²) in [5.74, 6) is -4.06. The van der Waals surface area contributed by atoms with Gasteiger partial charge in [0.2, 0.25) is 0 Å². The molecule has 2 aliphatic rings. The zero-order valence-corrected chi connectivity index (χ0v) is 22.4. The van der Waals surface area contributed by atoms with Gasteiger partial charge < -0.3 is 14.7 Å². The van der Waals surface area contributed by atoms with E-state index < -0.39 is 97.3 Å². The number of ether oxygens (including phenoxy) is 2. The van der Waals surface area contributed by atoms with Gasteiger partial charge in [-0.1, -0.05) is 25.5 Å². The average molecular weight is 528 g/mol. The van der Waals surface area contributed by atoms with Crippen LogP contribution in [-0.4, -0.2) is 61.6 Å². The van der Waals surface area contributed by atoms with Crippen LogP contribution in [0.2, 0.25) is 0 Å². The maximum absolute atomic E-state index is 13.2. The van der Waals surface area contributed by atoms with E-state index in [1.165, 1.54) is 27.7 Å². The van der Waals surface area contributed by atoms with Crippen LogP contribution in [0.4, 0.5) is 0 Å². The van der Waals surface area contributed by atoms with Gasteiger partial charge in [0.1, 0.15) is 12.2 Å². The van der Waals surface area contributed by atoms with Gasteiger partial charge in [0.05, 0.1) is 0 Å². The van der Waals surface area contributed by atoms with Gasteiger partial charge in [0.15, 0.2) is 0 Å². The zero-order valence-electron chi connectivity index (χ0n) is 38.4. The van der Waals surface area contributed by atoms with Crippen LogP contribution in [0.25, 0.3) is 0 Å². The molecule has 1 radical (unpaired) electrons. The highest BCUT2D eigenvalue weighted by molar-refractivity contribution is 5.69. The maximum Gasteiger partial charge on any atom is 0.306 e. The summed E-state index contributed by atoms with van der Waals surface area (Å²) in [5.41, 5.74) is -4.37. The molecule has 1 N–H and O–H groups in total. The van der Waals surface area contributed by atoms with E-state index in [0.29, 0.717) is 0 Å². The molecule has 0 aliphatic carbocycles. The van der Waals surface area contributed by atoms with Crippen molar-refractivity contribution in [3.8, 4) is 0 Å². The standard InChI is InChI=1S/C28H51N2O6/c1-25(2)17-21(18-26(3,4)29(25)33)35-23(31)15-13-11-9-10-12-14-16-24(32)36-22-19-27(5,6)30(34)28(7,8)20-22/h21-22,33H,9-20H2,1-8H3/i9D2,10D2,11D2,12D2,13D2,14D2,15D2,16D2. The third kappa shape index (κ3) is 8.67. The van der Waals surface area contributed by atoms with Crippen LogP contribution >= 0.6 is 0 Å². The van der Waals surface area contributed by atoms with Crippen molar-refractivity contribution < 1.29 is 51.4 Å². The predicted molar refractivity (Wildman–Crippen MR) is 138 cm³/mol. The van der Waals surface area contributed by atoms with Gasteiger partial charge in [-0.3, -0.25) is 9.59 Å². The summed E-state index contributed by atoms with van der Waals surface area (Å²) >= 11 is 0. The Morgan fingerprint density at radius 2 is 1.00 bits per heavy atom. The van der Waals surface area contributed by atoms with Crippen molar-refractivity contribution in [1.82, 2.24) is 10.1 Å². The lowest BCUT2D eigenvalue weighted by atomic mass is 9.80. The van der Waals surface area contributed by atoms with E-state index >= 15 is 0 Å². The minimum Gasteiger partial charge on any atom is -0.462 e. The highest BCUT2D eigenvalue weighted by Crippen LogP contribution is 2.39. The molecule has 0 atom stereocenters. The molecule has 8 heteroatoms. The Hall–Kier alpha value is -1.22. The monoisotopic (exact) mass is 527 g/mol. The van der Waals surface area contributed by atoms with Gasteiger partial charge in [0.25, 0.3) is 0 Å². The Balaban J connectivity index is 2.48. The maximum atomic E-state index is 13.2. The molecule has 0 saturated carbocycles. The Kier molecular flexibility index (Phi) is 4.97. The fourth-order valence-electron chi connectivity index (χ4n) is 5.17. The second-order valence-electron chi connectivity index (χ2n) is 11.7. The van der Waals surface area contributed by atoms with Crippen molar-refractivity contribution >= 4 is 11.9 Å². The summed E-state index contributed by atoms with van der Waals surface area (Å²) in [4.78, 5) is 26.3. The number of carbonyl (C=O) groups is 2. The van der Waals surface area contributed by atoms with Crippen LogP contribution in [0.3, 0.4) is 0 Å². The van der Waals surface area contributed by atoms with Crippen LogP contribution in [-0.2, 0) is 24.3 Å². The Labute approximate surface area is 241 Å². The third-order valence-electron chi connectivity index (χ3n) is 6.34. The highest BCUT2D eigenvalue weighted by atomic mass is 16.6. The first kappa shape index (κ1) is 14.8. The van der Waals surface area contributed by atoms with Crippen LogP contribution < -0.4 is 0 Å². The second kappa shape index (κ2) is 12.1. The fourth-order valence-corrected chi connectivity index (χ4v) is 5.17. The van der Waals surface area contributed by atoms with Crippen molar-refractivity contribution in [2.45, 2.75) is 166 Å². The van der Waals surface area contributed by atoms with Gasteiger partial charge in [-0.25, -0.2) is 0 Å². The summed E-state index contributed by atoms with van der Waals surface area (Å²) in [6.07, 6.45) is -38.2. The molecule has 2 aliphatic heterocycles. The van der Waals surface area contributed by atoms with Crippen LogP contribution in [0.15, 0.2) is 0 Å². The van der Waals surface area contributed by atoms with Crippen molar-refractivity contribution in [2.24, 2.45) is 0 Å². The topological polar surface area (TPSA) is 99.2 Å². The van der Waals surface area contributed by atoms with E-state index in [1.54, 1.807) is 27.7 Å². The summed E-state index contributed by atoms with van der Waals surface area (Å²) in [6, 6.07) is 0. The number of rotatable bonds is 11. The summed E-state index contributed by atoms with van der Waals surface area (Å²) in [5, 5.41) is 25.0. The molecule has 0 aromatic carbocycles. The lowest BCUT2D eigenvalue weighted by Gasteiger charge is -2.50. The van der Waals surface area contributed by atoms with Crippen molar-refractivity contribution in [1.29, 1.82) is 0 Å². The van der Waals surface area contributed by atoms with Gasteiger partial charge in [0, 0.05) is 82.5 Å². The molecule has 2 saturated heterocycles. The molecule has 0 spiro atoms. The summed E-state index contributed by atoms with van der Waals surface area (Å²) in [6.45, 7) is 12.4. The quantitative estimate of drug-likeness (QED) is 0.330. The number of piperidine rings is 2. The van der Waals surface area contributed by atoms with E-state index in [9.17, 15) is 20.0 Å². The molecule has 0 bridgehead atoms. The van der Waals surface area contributed by atoms with E-state index in [4.69, 9.17) is 31.4 Å².